The topological polar surface area (TPSA) is 54.5 Å². The zero-order valence-corrected chi connectivity index (χ0v) is 21.0. The van der Waals surface area contributed by atoms with Crippen LogP contribution in [0.4, 0.5) is 0 Å². The Balaban J connectivity index is 2.74. The molecule has 2 rings (SSSR count). The van der Waals surface area contributed by atoms with Crippen LogP contribution in [-0.4, -0.2) is 38.8 Å². The summed E-state index contributed by atoms with van der Waals surface area (Å²) in [7, 11) is -4.19. The van der Waals surface area contributed by atoms with Gasteiger partial charge in [0.1, 0.15) is 0 Å². The smallest absolute Gasteiger partial charge is 0.259 e. The third kappa shape index (κ3) is 5.07. The molecule has 1 aromatic rings. The molecule has 1 aliphatic rings. The quantitative estimate of drug-likeness (QED) is 0.255. The van der Waals surface area contributed by atoms with Crippen LogP contribution in [0.1, 0.15) is 18.4 Å². The van der Waals surface area contributed by atoms with E-state index in [1.807, 2.05) is 36.4 Å². The molecule has 0 atom stereocenters. The first-order valence-corrected chi connectivity index (χ1v) is 17.2. The number of likely N-dealkylation sites (tertiary alicyclic amines) is 1. The molecule has 7 heteroatoms. The molecule has 28 heavy (non-hydrogen) atoms. The fraction of sp³-hybridized carbons (Fsp3) is 0.381. The summed E-state index contributed by atoms with van der Waals surface area (Å²) in [6.07, 6.45) is 2.26. The van der Waals surface area contributed by atoms with Gasteiger partial charge in [0.15, 0.2) is 0 Å². The lowest BCUT2D eigenvalue weighted by molar-refractivity contribution is -0.147. The van der Waals surface area contributed by atoms with E-state index in [1.54, 1.807) is 0 Å². The second-order valence-corrected chi connectivity index (χ2v) is 19.9. The first-order chi connectivity index (χ1) is 12.8. The Morgan fingerprint density at radius 1 is 0.893 bits per heavy atom. The average Bonchev–Trinajstić information content (AvgIpc) is 2.89. The number of rotatable bonds is 5. The van der Waals surface area contributed by atoms with E-state index >= 15 is 0 Å². The Bertz CT molecular complexity index is 846. The van der Waals surface area contributed by atoms with E-state index in [0.717, 1.165) is 20.1 Å². The second kappa shape index (κ2) is 8.43. The number of benzene rings is 1. The molecule has 1 fully saturated rings. The van der Waals surface area contributed by atoms with Crippen molar-refractivity contribution in [2.45, 2.75) is 52.1 Å². The maximum atomic E-state index is 13.5. The molecule has 150 valence electrons. The minimum Gasteiger partial charge on any atom is -0.274 e. The van der Waals surface area contributed by atoms with Crippen LogP contribution in [0.25, 0.3) is 6.08 Å². The van der Waals surface area contributed by atoms with Gasteiger partial charge in [0.2, 0.25) is 11.8 Å². The van der Waals surface area contributed by atoms with Gasteiger partial charge in [-0.3, -0.25) is 14.4 Å². The fourth-order valence-corrected chi connectivity index (χ4v) is 11.3. The summed E-state index contributed by atoms with van der Waals surface area (Å²) in [5.74, 6) is -1.19. The summed E-state index contributed by atoms with van der Waals surface area (Å²) in [4.78, 5) is 38.9. The minimum absolute atomic E-state index is 0.118. The first kappa shape index (κ1) is 22.7. The van der Waals surface area contributed by atoms with Crippen LogP contribution in [0, 0.1) is 0 Å². The molecular weight excluding hydrogens is 450 g/mol. The monoisotopic (exact) mass is 477 g/mol. The zero-order valence-electron chi connectivity index (χ0n) is 17.4. The molecule has 0 radical (unpaired) electrons. The Kier molecular flexibility index (Phi) is 6.83. The molecule has 0 aliphatic carbocycles. The van der Waals surface area contributed by atoms with Gasteiger partial charge in [-0.1, -0.05) is 85.5 Å². The van der Waals surface area contributed by atoms with Gasteiger partial charge in [-0.05, 0) is 16.8 Å². The lowest BCUT2D eigenvalue weighted by atomic mass is 10.2. The Hall–Kier alpha value is -1.58. The molecule has 0 saturated carbocycles. The molecule has 3 amide bonds. The largest absolute Gasteiger partial charge is 0.274 e. The van der Waals surface area contributed by atoms with E-state index in [0.29, 0.717) is 5.20 Å². The van der Waals surface area contributed by atoms with E-state index < -0.39 is 22.1 Å². The molecule has 0 unspecified atom stereocenters. The minimum atomic E-state index is -2.18. The van der Waals surface area contributed by atoms with Gasteiger partial charge < -0.3 is 0 Å². The summed E-state index contributed by atoms with van der Waals surface area (Å²) in [5, 5.41) is 1.67. The van der Waals surface area contributed by atoms with Crippen molar-refractivity contribution in [1.29, 1.82) is 0 Å². The van der Waals surface area contributed by atoms with E-state index in [4.69, 9.17) is 0 Å². The van der Waals surface area contributed by atoms with Gasteiger partial charge in [0.05, 0.1) is 16.1 Å². The number of imide groups is 3. The van der Waals surface area contributed by atoms with Crippen LogP contribution in [-0.2, 0) is 14.4 Å². The predicted molar refractivity (Wildman–Crippen MR) is 123 cm³/mol. The standard InChI is InChI=1S/C21H28BrNO3Si2/c1-27(2,3)19(16(22)14-15-10-8-7-9-11-15)20(28(4,5)6)21(26)23-17(24)12-13-18(23)25/h7-11,14H,12-13H2,1-6H3/b16-14-,20-19+. The van der Waals surface area contributed by atoms with Crippen LogP contribution in [0.5, 0.6) is 0 Å². The molecule has 0 spiro atoms. The summed E-state index contributed by atoms with van der Waals surface area (Å²) in [6.45, 7) is 12.8. The van der Waals surface area contributed by atoms with Crippen molar-refractivity contribution in [3.63, 3.8) is 0 Å². The normalized spacial score (nSPS) is 17.1. The third-order valence-corrected chi connectivity index (χ3v) is 9.77. The molecule has 0 bridgehead atoms. The lowest BCUT2D eigenvalue weighted by Gasteiger charge is -2.32. The number of amides is 3. The molecule has 1 saturated heterocycles. The van der Waals surface area contributed by atoms with Crippen molar-refractivity contribution < 1.29 is 14.4 Å². The third-order valence-electron chi connectivity index (χ3n) is 4.55. The molecular formula is C21H28BrNO3Si2. The van der Waals surface area contributed by atoms with E-state index in [2.05, 4.69) is 55.2 Å². The van der Waals surface area contributed by atoms with Crippen molar-refractivity contribution >= 4 is 55.9 Å². The van der Waals surface area contributed by atoms with Crippen LogP contribution < -0.4 is 0 Å². The molecule has 0 N–H and O–H groups in total. The number of allylic oxidation sites excluding steroid dienone is 2. The van der Waals surface area contributed by atoms with Crippen molar-refractivity contribution in [1.82, 2.24) is 4.90 Å². The molecule has 1 heterocycles. The van der Waals surface area contributed by atoms with Crippen molar-refractivity contribution in [2.75, 3.05) is 0 Å². The highest BCUT2D eigenvalue weighted by Gasteiger charge is 2.42. The van der Waals surface area contributed by atoms with Gasteiger partial charge >= 0.3 is 0 Å². The number of halogens is 1. The summed E-state index contributed by atoms with van der Waals surface area (Å²) in [5.41, 5.74) is 1.03. The van der Waals surface area contributed by atoms with E-state index in [-0.39, 0.29) is 24.7 Å². The lowest BCUT2D eigenvalue weighted by Crippen LogP contribution is -2.46. The van der Waals surface area contributed by atoms with E-state index in [9.17, 15) is 14.4 Å². The number of hydrogen-bond acceptors (Lipinski definition) is 3. The fourth-order valence-electron chi connectivity index (χ4n) is 3.34. The number of carbonyl (C=O) groups is 3. The summed E-state index contributed by atoms with van der Waals surface area (Å²) < 4.78 is 0.864. The SMILES string of the molecule is C[Si](C)(C)/C(C(=O)N1C(=O)CCC1=O)=C(\C(Br)=C\c1ccccc1)[Si](C)(C)C. The molecule has 1 aromatic carbocycles. The molecule has 4 nitrogen and oxygen atoms in total. The summed E-state index contributed by atoms with van der Waals surface area (Å²) >= 11 is 3.74. The van der Waals surface area contributed by atoms with Crippen LogP contribution >= 0.6 is 15.9 Å². The van der Waals surface area contributed by atoms with Gasteiger partial charge in [-0.2, -0.15) is 0 Å². The van der Waals surface area contributed by atoms with Crippen molar-refractivity contribution in [3.05, 3.63) is 50.8 Å². The number of carbonyl (C=O) groups excluding carboxylic acids is 3. The average molecular weight is 479 g/mol. The van der Waals surface area contributed by atoms with Gasteiger partial charge in [0, 0.05) is 22.5 Å². The van der Waals surface area contributed by atoms with Crippen LogP contribution in [0.3, 0.4) is 0 Å². The van der Waals surface area contributed by atoms with Crippen LogP contribution in [0.15, 0.2) is 45.2 Å². The van der Waals surface area contributed by atoms with Crippen LogP contribution in [0.2, 0.25) is 39.3 Å². The van der Waals surface area contributed by atoms with Crippen molar-refractivity contribution in [3.8, 4) is 0 Å². The van der Waals surface area contributed by atoms with Gasteiger partial charge in [-0.25, -0.2) is 4.90 Å². The van der Waals surface area contributed by atoms with E-state index in [1.165, 1.54) is 0 Å². The van der Waals surface area contributed by atoms with Crippen molar-refractivity contribution in [2.24, 2.45) is 0 Å². The highest BCUT2D eigenvalue weighted by Crippen LogP contribution is 2.36. The maximum Gasteiger partial charge on any atom is 0.259 e. The Morgan fingerprint density at radius 3 is 1.79 bits per heavy atom. The highest BCUT2D eigenvalue weighted by atomic mass is 79.9. The zero-order chi connectivity index (χ0) is 21.3. The van der Waals surface area contributed by atoms with Gasteiger partial charge in [-0.15, -0.1) is 0 Å². The summed E-state index contributed by atoms with van der Waals surface area (Å²) in [6, 6.07) is 9.91. The molecule has 1 aliphatic heterocycles. The first-order valence-electron chi connectivity index (χ1n) is 9.42. The second-order valence-electron chi connectivity index (χ2n) is 9.08. The number of nitrogens with zero attached hydrogens (tertiary/aromatic N) is 1. The Morgan fingerprint density at radius 2 is 1.36 bits per heavy atom. The Labute approximate surface area is 177 Å². The number of hydrogen-bond donors (Lipinski definition) is 0. The van der Waals surface area contributed by atoms with Gasteiger partial charge in [0.25, 0.3) is 5.91 Å². The highest BCUT2D eigenvalue weighted by molar-refractivity contribution is 9.12. The molecule has 0 aromatic heterocycles. The predicted octanol–water partition coefficient (Wildman–Crippen LogP) is 5.15. The maximum absolute atomic E-state index is 13.5.